The lowest BCUT2D eigenvalue weighted by Crippen LogP contribution is -2.46. The first-order valence-corrected chi connectivity index (χ1v) is 7.22. The molecule has 1 aliphatic heterocycles. The van der Waals surface area contributed by atoms with Crippen LogP contribution in [0.3, 0.4) is 0 Å². The van der Waals surface area contributed by atoms with Gasteiger partial charge in [0.15, 0.2) is 0 Å². The van der Waals surface area contributed by atoms with Crippen LogP contribution in [0.4, 0.5) is 0 Å². The first-order valence-electron chi connectivity index (χ1n) is 7.22. The number of nitrogens with zero attached hydrogens (tertiary/aromatic N) is 2. The molecule has 2 heterocycles. The number of carboxylic acids is 1. The summed E-state index contributed by atoms with van der Waals surface area (Å²) in [5.41, 5.74) is 0.286. The Labute approximate surface area is 128 Å². The zero-order chi connectivity index (χ0) is 16.1. The lowest BCUT2D eigenvalue weighted by atomic mass is 10.2. The maximum absolute atomic E-state index is 12.5. The van der Waals surface area contributed by atoms with Crippen molar-refractivity contribution in [1.82, 2.24) is 9.88 Å². The summed E-state index contributed by atoms with van der Waals surface area (Å²) in [6.07, 6.45) is -0.625. The molecule has 1 N–H and O–H groups in total. The molecule has 2 rings (SSSR count). The van der Waals surface area contributed by atoms with Crippen LogP contribution in [-0.2, 0) is 9.53 Å². The summed E-state index contributed by atoms with van der Waals surface area (Å²) in [6, 6.07) is 5.04. The van der Waals surface area contributed by atoms with E-state index >= 15 is 0 Å². The van der Waals surface area contributed by atoms with Gasteiger partial charge < -0.3 is 19.5 Å². The van der Waals surface area contributed by atoms with Gasteiger partial charge in [-0.3, -0.25) is 9.59 Å². The second-order valence-corrected chi connectivity index (χ2v) is 5.37. The highest BCUT2D eigenvalue weighted by atomic mass is 16.5. The van der Waals surface area contributed by atoms with Crippen molar-refractivity contribution in [2.45, 2.75) is 32.5 Å². The Balaban J connectivity index is 2.05. The number of hydrogen-bond donors (Lipinski definition) is 1. The molecule has 0 bridgehead atoms. The predicted molar refractivity (Wildman–Crippen MR) is 77.9 cm³/mol. The topological polar surface area (TPSA) is 89.0 Å². The molecule has 1 fully saturated rings. The minimum Gasteiger partial charge on any atom is -0.481 e. The molecule has 1 atom stereocenters. The van der Waals surface area contributed by atoms with Crippen molar-refractivity contribution in [2.75, 3.05) is 19.7 Å². The molecule has 0 saturated carbocycles. The number of aliphatic carboxylic acids is 1. The zero-order valence-electron chi connectivity index (χ0n) is 12.7. The van der Waals surface area contributed by atoms with Crippen molar-refractivity contribution in [3.8, 4) is 5.88 Å². The Kier molecular flexibility index (Phi) is 5.32. The van der Waals surface area contributed by atoms with Gasteiger partial charge >= 0.3 is 5.97 Å². The van der Waals surface area contributed by atoms with Crippen molar-refractivity contribution >= 4 is 11.9 Å². The highest BCUT2D eigenvalue weighted by Crippen LogP contribution is 2.15. The maximum atomic E-state index is 12.5. The number of amides is 1. The molecule has 0 aromatic carbocycles. The average Bonchev–Trinajstić information content (AvgIpc) is 2.45. The Morgan fingerprint density at radius 2 is 2.27 bits per heavy atom. The zero-order valence-corrected chi connectivity index (χ0v) is 12.7. The van der Waals surface area contributed by atoms with Crippen LogP contribution in [0.5, 0.6) is 5.88 Å². The van der Waals surface area contributed by atoms with Crippen LogP contribution in [0, 0.1) is 0 Å². The van der Waals surface area contributed by atoms with Gasteiger partial charge in [-0.05, 0) is 19.9 Å². The number of carboxylic acid groups (broad SMARTS) is 1. The summed E-state index contributed by atoms with van der Waals surface area (Å²) >= 11 is 0. The molecule has 0 radical (unpaired) electrons. The Bertz CT molecular complexity index is 546. The molecule has 1 saturated heterocycles. The molecule has 1 aromatic rings. The monoisotopic (exact) mass is 308 g/mol. The van der Waals surface area contributed by atoms with Gasteiger partial charge in [0.1, 0.15) is 5.69 Å². The lowest BCUT2D eigenvalue weighted by molar-refractivity contribution is -0.141. The third-order valence-corrected chi connectivity index (χ3v) is 3.13. The minimum absolute atomic E-state index is 0.0267. The fraction of sp³-hybridized carbons (Fsp3) is 0.533. The number of rotatable bonds is 5. The fourth-order valence-electron chi connectivity index (χ4n) is 2.23. The fourth-order valence-corrected chi connectivity index (χ4v) is 2.23. The van der Waals surface area contributed by atoms with E-state index < -0.39 is 12.1 Å². The smallest absolute Gasteiger partial charge is 0.306 e. The summed E-state index contributed by atoms with van der Waals surface area (Å²) in [5, 5.41) is 8.82. The van der Waals surface area contributed by atoms with Gasteiger partial charge in [-0.2, -0.15) is 0 Å². The quantitative estimate of drug-likeness (QED) is 0.879. The average molecular weight is 308 g/mol. The number of morpholine rings is 1. The molecule has 120 valence electrons. The van der Waals surface area contributed by atoms with Gasteiger partial charge in [0.05, 0.1) is 25.2 Å². The van der Waals surface area contributed by atoms with Gasteiger partial charge in [0.2, 0.25) is 5.88 Å². The molecular formula is C15H20N2O5. The van der Waals surface area contributed by atoms with Gasteiger partial charge in [-0.1, -0.05) is 6.07 Å². The largest absolute Gasteiger partial charge is 0.481 e. The van der Waals surface area contributed by atoms with E-state index in [9.17, 15) is 9.59 Å². The summed E-state index contributed by atoms with van der Waals surface area (Å²) in [6.45, 7) is 4.77. The van der Waals surface area contributed by atoms with E-state index in [0.29, 0.717) is 19.0 Å². The van der Waals surface area contributed by atoms with E-state index in [4.69, 9.17) is 14.6 Å². The molecule has 22 heavy (non-hydrogen) atoms. The van der Waals surface area contributed by atoms with Crippen molar-refractivity contribution in [1.29, 1.82) is 0 Å². The van der Waals surface area contributed by atoms with E-state index in [1.165, 1.54) is 0 Å². The Morgan fingerprint density at radius 3 is 2.95 bits per heavy atom. The number of pyridine rings is 1. The standard InChI is InChI=1S/C15H20N2O5/c1-10(2)22-13-5-3-4-12(16-13)15(20)17-6-7-21-11(9-17)8-14(18)19/h3-5,10-11H,6-9H2,1-2H3,(H,18,19). The molecule has 0 spiro atoms. The third-order valence-electron chi connectivity index (χ3n) is 3.13. The van der Waals surface area contributed by atoms with Gasteiger partial charge in [0, 0.05) is 19.2 Å². The van der Waals surface area contributed by atoms with Gasteiger partial charge in [0.25, 0.3) is 5.91 Å². The lowest BCUT2D eigenvalue weighted by Gasteiger charge is -2.32. The van der Waals surface area contributed by atoms with E-state index in [1.54, 1.807) is 23.1 Å². The molecule has 0 aliphatic carbocycles. The SMILES string of the molecule is CC(C)Oc1cccc(C(=O)N2CCOC(CC(=O)O)C2)n1. The van der Waals surface area contributed by atoms with Crippen molar-refractivity contribution in [3.05, 3.63) is 23.9 Å². The van der Waals surface area contributed by atoms with E-state index in [2.05, 4.69) is 4.98 Å². The van der Waals surface area contributed by atoms with Gasteiger partial charge in [-0.15, -0.1) is 0 Å². The first-order chi connectivity index (χ1) is 10.5. The Hall–Kier alpha value is -2.15. The van der Waals surface area contributed by atoms with Gasteiger partial charge in [-0.25, -0.2) is 4.98 Å². The number of aromatic nitrogens is 1. The number of ether oxygens (including phenoxy) is 2. The first kappa shape index (κ1) is 16.2. The van der Waals surface area contributed by atoms with Crippen LogP contribution >= 0.6 is 0 Å². The van der Waals surface area contributed by atoms with Crippen molar-refractivity contribution in [3.63, 3.8) is 0 Å². The Morgan fingerprint density at radius 1 is 1.50 bits per heavy atom. The maximum Gasteiger partial charge on any atom is 0.306 e. The normalized spacial score (nSPS) is 18.3. The molecule has 1 aliphatic rings. The van der Waals surface area contributed by atoms with Crippen LogP contribution in [0.15, 0.2) is 18.2 Å². The summed E-state index contributed by atoms with van der Waals surface area (Å²) < 4.78 is 10.8. The third kappa shape index (κ3) is 4.42. The van der Waals surface area contributed by atoms with Crippen molar-refractivity contribution < 1.29 is 24.2 Å². The van der Waals surface area contributed by atoms with Crippen molar-refractivity contribution in [2.24, 2.45) is 0 Å². The number of carbonyl (C=O) groups is 2. The van der Waals surface area contributed by atoms with E-state index in [-0.39, 0.29) is 30.7 Å². The second kappa shape index (κ2) is 7.22. The predicted octanol–water partition coefficient (Wildman–Crippen LogP) is 1.18. The summed E-state index contributed by atoms with van der Waals surface area (Å²) in [4.78, 5) is 29.0. The van der Waals surface area contributed by atoms with Crippen LogP contribution < -0.4 is 4.74 Å². The number of hydrogen-bond acceptors (Lipinski definition) is 5. The number of carbonyl (C=O) groups excluding carboxylic acids is 1. The van der Waals surface area contributed by atoms with Crippen LogP contribution in [0.2, 0.25) is 0 Å². The molecule has 1 amide bonds. The van der Waals surface area contributed by atoms with Crippen LogP contribution in [0.1, 0.15) is 30.8 Å². The van der Waals surface area contributed by atoms with Crippen LogP contribution in [0.25, 0.3) is 0 Å². The molecule has 1 unspecified atom stereocenters. The highest BCUT2D eigenvalue weighted by Gasteiger charge is 2.27. The van der Waals surface area contributed by atoms with E-state index in [0.717, 1.165) is 0 Å². The molecule has 7 nitrogen and oxygen atoms in total. The molecule has 7 heteroatoms. The second-order valence-electron chi connectivity index (χ2n) is 5.37. The van der Waals surface area contributed by atoms with E-state index in [1.807, 2.05) is 13.8 Å². The molecular weight excluding hydrogens is 288 g/mol. The van der Waals surface area contributed by atoms with Crippen LogP contribution in [-0.4, -0.2) is 58.8 Å². The summed E-state index contributed by atoms with van der Waals surface area (Å²) in [7, 11) is 0. The summed E-state index contributed by atoms with van der Waals surface area (Å²) in [5.74, 6) is -0.783. The molecule has 1 aromatic heterocycles. The highest BCUT2D eigenvalue weighted by molar-refractivity contribution is 5.92. The minimum atomic E-state index is -0.940.